The third kappa shape index (κ3) is 12.9. The van der Waals surface area contributed by atoms with Crippen LogP contribution in [0.5, 0.6) is 5.75 Å². The number of nitrogens with one attached hydrogen (secondary N) is 2. The molecule has 5 atom stereocenters. The number of benzene rings is 2. The molecule has 1 amide bonds. The van der Waals surface area contributed by atoms with Crippen LogP contribution < -0.4 is 21.1 Å². The molecular formula is C33H52ClN3O5. The number of anilines is 1. The van der Waals surface area contributed by atoms with Crippen molar-refractivity contribution in [3.05, 3.63) is 59.1 Å². The maximum atomic E-state index is 13.4. The van der Waals surface area contributed by atoms with Gasteiger partial charge in [0.05, 0.1) is 37.0 Å². The van der Waals surface area contributed by atoms with E-state index in [0.717, 1.165) is 24.1 Å². The van der Waals surface area contributed by atoms with Gasteiger partial charge in [0.2, 0.25) is 5.91 Å². The van der Waals surface area contributed by atoms with Crippen LogP contribution in [0.3, 0.4) is 0 Å². The van der Waals surface area contributed by atoms with Crippen molar-refractivity contribution >= 4 is 23.2 Å². The van der Waals surface area contributed by atoms with Crippen LogP contribution in [0.2, 0.25) is 5.02 Å². The Bertz CT molecular complexity index is 1030. The number of nitrogens with two attached hydrogens (primary N) is 1. The van der Waals surface area contributed by atoms with Crippen molar-refractivity contribution in [1.29, 1.82) is 0 Å². The van der Waals surface area contributed by atoms with Gasteiger partial charge in [0.1, 0.15) is 5.75 Å². The van der Waals surface area contributed by atoms with Gasteiger partial charge in [-0.05, 0) is 55.0 Å². The van der Waals surface area contributed by atoms with Crippen LogP contribution in [0.15, 0.2) is 48.5 Å². The second-order valence-electron chi connectivity index (χ2n) is 11.2. The van der Waals surface area contributed by atoms with Crippen molar-refractivity contribution in [1.82, 2.24) is 5.32 Å². The minimum Gasteiger partial charge on any atom is -0.492 e. The van der Waals surface area contributed by atoms with Crippen molar-refractivity contribution in [2.24, 2.45) is 23.5 Å². The molecule has 8 nitrogen and oxygen atoms in total. The summed E-state index contributed by atoms with van der Waals surface area (Å²) in [6.45, 7) is 13.1. The first-order valence-corrected chi connectivity index (χ1v) is 15.6. The van der Waals surface area contributed by atoms with Crippen molar-refractivity contribution < 1.29 is 24.1 Å². The molecule has 2 aromatic carbocycles. The van der Waals surface area contributed by atoms with Crippen LogP contribution in [-0.2, 0) is 20.9 Å². The first-order valence-electron chi connectivity index (χ1n) is 15.3. The van der Waals surface area contributed by atoms with Gasteiger partial charge >= 0.3 is 0 Å². The minimum atomic E-state index is -0.887. The van der Waals surface area contributed by atoms with Gasteiger partial charge in [0, 0.05) is 43.8 Å². The predicted molar refractivity (Wildman–Crippen MR) is 171 cm³/mol. The van der Waals surface area contributed by atoms with E-state index in [1.54, 1.807) is 6.07 Å². The highest BCUT2D eigenvalue weighted by Gasteiger charge is 2.30. The molecule has 0 spiro atoms. The number of halogens is 1. The normalized spacial score (nSPS) is 15.1. The Balaban J connectivity index is 1.87. The molecule has 2 rings (SSSR count). The number of aliphatic hydroxyl groups excluding tert-OH is 1. The van der Waals surface area contributed by atoms with Gasteiger partial charge in [-0.2, -0.15) is 0 Å². The molecule has 236 valence electrons. The third-order valence-corrected chi connectivity index (χ3v) is 7.87. The minimum absolute atomic E-state index is 0.0356. The van der Waals surface area contributed by atoms with Gasteiger partial charge in [0.25, 0.3) is 0 Å². The van der Waals surface area contributed by atoms with Gasteiger partial charge in [0.15, 0.2) is 0 Å². The largest absolute Gasteiger partial charge is 0.492 e. The number of ether oxygens (including phenoxy) is 3. The summed E-state index contributed by atoms with van der Waals surface area (Å²) in [5.74, 6) is 0.472. The van der Waals surface area contributed by atoms with Crippen molar-refractivity contribution in [3.63, 3.8) is 0 Å². The molecule has 0 saturated heterocycles. The number of carbonyl (C=O) groups excluding carboxylic acids is 1. The molecule has 0 aliphatic heterocycles. The Morgan fingerprint density at radius 3 is 2.45 bits per heavy atom. The van der Waals surface area contributed by atoms with Crippen LogP contribution in [-0.4, -0.2) is 62.2 Å². The number of amides is 1. The Labute approximate surface area is 257 Å². The van der Waals surface area contributed by atoms with Crippen LogP contribution >= 0.6 is 11.6 Å². The average Bonchev–Trinajstić information content (AvgIpc) is 2.98. The van der Waals surface area contributed by atoms with E-state index < -0.39 is 12.1 Å². The summed E-state index contributed by atoms with van der Waals surface area (Å²) in [6.07, 6.45) is 1.08. The van der Waals surface area contributed by atoms with Crippen LogP contribution in [0.1, 0.15) is 59.4 Å². The number of hydrogen-bond acceptors (Lipinski definition) is 7. The number of hydrogen-bond donors (Lipinski definition) is 4. The Kier molecular flexibility index (Phi) is 16.9. The maximum absolute atomic E-state index is 13.4. The molecule has 0 aliphatic rings. The predicted octanol–water partition coefficient (Wildman–Crippen LogP) is 5.66. The number of carbonyl (C=O) groups is 1. The lowest BCUT2D eigenvalue weighted by atomic mass is 9.86. The molecule has 0 radical (unpaired) electrons. The van der Waals surface area contributed by atoms with Gasteiger partial charge in [-0.25, -0.2) is 0 Å². The van der Waals surface area contributed by atoms with Gasteiger partial charge in [-0.15, -0.1) is 0 Å². The van der Waals surface area contributed by atoms with Crippen molar-refractivity contribution in [3.8, 4) is 5.75 Å². The molecule has 42 heavy (non-hydrogen) atoms. The lowest BCUT2D eigenvalue weighted by molar-refractivity contribution is -0.128. The molecule has 0 unspecified atom stereocenters. The molecule has 2 aromatic rings. The Morgan fingerprint density at radius 1 is 1.05 bits per heavy atom. The lowest BCUT2D eigenvalue weighted by Gasteiger charge is -2.30. The molecule has 5 N–H and O–H groups in total. The fraction of sp³-hybridized carbons (Fsp3) is 0.606. The second-order valence-corrected chi connectivity index (χ2v) is 11.7. The van der Waals surface area contributed by atoms with E-state index in [0.29, 0.717) is 43.7 Å². The smallest absolute Gasteiger partial charge is 0.223 e. The van der Waals surface area contributed by atoms with E-state index in [2.05, 4.69) is 24.5 Å². The monoisotopic (exact) mass is 605 g/mol. The summed E-state index contributed by atoms with van der Waals surface area (Å²) in [6, 6.07) is 14.8. The van der Waals surface area contributed by atoms with Crippen molar-refractivity contribution in [2.75, 3.05) is 38.3 Å². The zero-order valence-electron chi connectivity index (χ0n) is 26.0. The van der Waals surface area contributed by atoms with E-state index in [9.17, 15) is 9.90 Å². The van der Waals surface area contributed by atoms with Crippen LogP contribution in [0.4, 0.5) is 5.69 Å². The Hall–Kier alpha value is -2.36. The highest BCUT2D eigenvalue weighted by atomic mass is 35.5. The number of para-hydroxylation sites is 1. The highest BCUT2D eigenvalue weighted by Crippen LogP contribution is 2.26. The van der Waals surface area contributed by atoms with E-state index in [1.807, 2.05) is 63.2 Å². The van der Waals surface area contributed by atoms with Gasteiger partial charge in [-0.1, -0.05) is 70.0 Å². The van der Waals surface area contributed by atoms with E-state index in [4.69, 9.17) is 31.5 Å². The van der Waals surface area contributed by atoms with Crippen LogP contribution in [0.25, 0.3) is 0 Å². The molecule has 0 aromatic heterocycles. The molecule has 0 heterocycles. The maximum Gasteiger partial charge on any atom is 0.223 e. The summed E-state index contributed by atoms with van der Waals surface area (Å²) in [7, 11) is 0. The summed E-state index contributed by atoms with van der Waals surface area (Å²) in [4.78, 5) is 13.4. The summed E-state index contributed by atoms with van der Waals surface area (Å²) < 4.78 is 17.0. The second kappa shape index (κ2) is 19.8. The summed E-state index contributed by atoms with van der Waals surface area (Å²) in [5.41, 5.74) is 8.20. The first kappa shape index (κ1) is 35.8. The SMILES string of the molecule is CCOCCCOc1cc(COC[C@H](N)[C@@H](O)C[C@H](C(=O)N[C@H](CNc2ccccc2)[C@@H](C)CC)C(C)C)ccc1Cl. The Morgan fingerprint density at radius 2 is 1.79 bits per heavy atom. The standard InChI is InChI=1S/C33H52ClN3O5/c1-6-24(5)30(20-36-26-12-9-8-10-13-26)37-33(39)27(23(3)4)19-31(38)29(35)22-41-21-25-14-15-28(34)32(18-25)42-17-11-16-40-7-2/h8-10,12-15,18,23-24,27,29-31,36,38H,6-7,11,16-17,19-22,35H2,1-5H3,(H,37,39)/t24-,27-,29-,30+,31-/m0/s1. The van der Waals surface area contributed by atoms with Gasteiger partial charge < -0.3 is 35.7 Å². The molecule has 9 heteroatoms. The molecule has 0 fully saturated rings. The number of rotatable bonds is 21. The quantitative estimate of drug-likeness (QED) is 0.136. The van der Waals surface area contributed by atoms with E-state index in [-0.39, 0.29) is 42.7 Å². The van der Waals surface area contributed by atoms with E-state index in [1.165, 1.54) is 0 Å². The van der Waals surface area contributed by atoms with Crippen molar-refractivity contribution in [2.45, 2.75) is 78.7 Å². The molecule has 0 bridgehead atoms. The third-order valence-electron chi connectivity index (χ3n) is 7.56. The lowest BCUT2D eigenvalue weighted by Crippen LogP contribution is -2.49. The highest BCUT2D eigenvalue weighted by molar-refractivity contribution is 6.32. The summed E-state index contributed by atoms with van der Waals surface area (Å²) in [5, 5.41) is 18.1. The van der Waals surface area contributed by atoms with E-state index >= 15 is 0 Å². The molecule has 0 aliphatic carbocycles. The summed E-state index contributed by atoms with van der Waals surface area (Å²) >= 11 is 6.28. The zero-order chi connectivity index (χ0) is 30.9. The fourth-order valence-electron chi connectivity index (χ4n) is 4.53. The fourth-order valence-corrected chi connectivity index (χ4v) is 4.70. The molecule has 0 saturated carbocycles. The average molecular weight is 606 g/mol. The molecular weight excluding hydrogens is 554 g/mol. The first-order chi connectivity index (χ1) is 20.2. The zero-order valence-corrected chi connectivity index (χ0v) is 26.7. The van der Waals surface area contributed by atoms with Crippen LogP contribution in [0, 0.1) is 17.8 Å². The van der Waals surface area contributed by atoms with Gasteiger partial charge in [-0.3, -0.25) is 4.79 Å². The topological polar surface area (TPSA) is 115 Å². The number of aliphatic hydroxyl groups is 1.